The van der Waals surface area contributed by atoms with Crippen molar-refractivity contribution in [2.45, 2.75) is 30.9 Å². The van der Waals surface area contributed by atoms with Crippen LogP contribution in [0.4, 0.5) is 0 Å². The van der Waals surface area contributed by atoms with Crippen LogP contribution in [-0.2, 0) is 12.2 Å². The van der Waals surface area contributed by atoms with Crippen LogP contribution in [0.1, 0.15) is 25.6 Å². The average molecular weight is 278 g/mol. The third kappa shape index (κ3) is 4.28. The predicted molar refractivity (Wildman–Crippen MR) is 75.4 cm³/mol. The van der Waals surface area contributed by atoms with E-state index in [2.05, 4.69) is 24.0 Å². The van der Waals surface area contributed by atoms with Crippen molar-refractivity contribution in [1.82, 2.24) is 10.1 Å². The number of rotatable bonds is 6. The molecule has 0 aliphatic heterocycles. The Balaban J connectivity index is 1.89. The summed E-state index contributed by atoms with van der Waals surface area (Å²) in [7, 11) is 1.66. The van der Waals surface area contributed by atoms with Crippen LogP contribution in [-0.4, -0.2) is 17.3 Å². The molecule has 102 valence electrons. The average Bonchev–Trinajstić information content (AvgIpc) is 2.84. The smallest absolute Gasteiger partial charge is 0.237 e. The first-order valence-electron chi connectivity index (χ1n) is 6.25. The molecule has 2 rings (SSSR count). The second-order valence-corrected chi connectivity index (χ2v) is 5.72. The third-order valence-electron chi connectivity index (χ3n) is 2.52. The van der Waals surface area contributed by atoms with Crippen molar-refractivity contribution in [2.75, 3.05) is 7.11 Å². The minimum absolute atomic E-state index is 0.541. The SMILES string of the molecule is COc1ccc(SCc2nc(CC(C)C)no2)cc1. The Morgan fingerprint density at radius 1 is 1.26 bits per heavy atom. The van der Waals surface area contributed by atoms with Gasteiger partial charge in [-0.3, -0.25) is 0 Å². The van der Waals surface area contributed by atoms with Crippen molar-refractivity contribution in [3.8, 4) is 5.75 Å². The van der Waals surface area contributed by atoms with E-state index in [-0.39, 0.29) is 0 Å². The minimum atomic E-state index is 0.541. The van der Waals surface area contributed by atoms with Gasteiger partial charge in [0, 0.05) is 11.3 Å². The van der Waals surface area contributed by atoms with Crippen molar-refractivity contribution < 1.29 is 9.26 Å². The first kappa shape index (κ1) is 13.9. The highest BCUT2D eigenvalue weighted by molar-refractivity contribution is 7.98. The summed E-state index contributed by atoms with van der Waals surface area (Å²) in [5, 5.41) is 3.98. The van der Waals surface area contributed by atoms with Gasteiger partial charge in [0.05, 0.1) is 12.9 Å². The van der Waals surface area contributed by atoms with E-state index in [1.165, 1.54) is 0 Å². The molecular weight excluding hydrogens is 260 g/mol. The lowest BCUT2D eigenvalue weighted by Gasteiger charge is -2.01. The van der Waals surface area contributed by atoms with Gasteiger partial charge in [-0.15, -0.1) is 11.8 Å². The zero-order valence-electron chi connectivity index (χ0n) is 11.4. The fraction of sp³-hybridized carbons (Fsp3) is 0.429. The summed E-state index contributed by atoms with van der Waals surface area (Å²) in [6.45, 7) is 4.28. The normalized spacial score (nSPS) is 10.9. The maximum Gasteiger partial charge on any atom is 0.237 e. The van der Waals surface area contributed by atoms with Gasteiger partial charge in [-0.2, -0.15) is 4.98 Å². The molecule has 0 N–H and O–H groups in total. The molecule has 1 heterocycles. The van der Waals surface area contributed by atoms with Gasteiger partial charge in [0.25, 0.3) is 0 Å². The number of thioether (sulfide) groups is 1. The highest BCUT2D eigenvalue weighted by Gasteiger charge is 2.08. The van der Waals surface area contributed by atoms with E-state index >= 15 is 0 Å². The van der Waals surface area contributed by atoms with Gasteiger partial charge in [-0.05, 0) is 30.2 Å². The highest BCUT2D eigenvalue weighted by Crippen LogP contribution is 2.24. The van der Waals surface area contributed by atoms with Gasteiger partial charge in [0.1, 0.15) is 5.75 Å². The van der Waals surface area contributed by atoms with Crippen molar-refractivity contribution in [3.05, 3.63) is 36.0 Å². The van der Waals surface area contributed by atoms with Crippen LogP contribution in [0.5, 0.6) is 5.75 Å². The van der Waals surface area contributed by atoms with E-state index < -0.39 is 0 Å². The minimum Gasteiger partial charge on any atom is -0.497 e. The molecule has 4 nitrogen and oxygen atoms in total. The molecule has 1 aromatic heterocycles. The maximum atomic E-state index is 5.23. The molecule has 19 heavy (non-hydrogen) atoms. The lowest BCUT2D eigenvalue weighted by molar-refractivity contribution is 0.382. The Hall–Kier alpha value is -1.49. The quantitative estimate of drug-likeness (QED) is 0.756. The van der Waals surface area contributed by atoms with E-state index in [0.717, 1.165) is 22.9 Å². The summed E-state index contributed by atoms with van der Waals surface area (Å²) in [4.78, 5) is 5.53. The summed E-state index contributed by atoms with van der Waals surface area (Å²) in [6.07, 6.45) is 0.858. The van der Waals surface area contributed by atoms with Gasteiger partial charge < -0.3 is 9.26 Å². The second-order valence-electron chi connectivity index (χ2n) is 4.67. The van der Waals surface area contributed by atoms with Crippen LogP contribution < -0.4 is 4.74 Å². The summed E-state index contributed by atoms with van der Waals surface area (Å²) in [5.41, 5.74) is 0. The molecule has 0 aliphatic rings. The van der Waals surface area contributed by atoms with Crippen LogP contribution in [0.2, 0.25) is 0 Å². The van der Waals surface area contributed by atoms with Crippen molar-refractivity contribution in [3.63, 3.8) is 0 Å². The van der Waals surface area contributed by atoms with Gasteiger partial charge in [0.15, 0.2) is 5.82 Å². The largest absolute Gasteiger partial charge is 0.497 e. The molecular formula is C14H18N2O2S. The number of aromatic nitrogens is 2. The highest BCUT2D eigenvalue weighted by atomic mass is 32.2. The molecule has 0 unspecified atom stereocenters. The zero-order valence-corrected chi connectivity index (χ0v) is 12.2. The molecule has 0 fully saturated rings. The first-order chi connectivity index (χ1) is 9.17. The van der Waals surface area contributed by atoms with Crippen molar-refractivity contribution in [1.29, 1.82) is 0 Å². The maximum absolute atomic E-state index is 5.23. The number of hydrogen-bond acceptors (Lipinski definition) is 5. The number of ether oxygens (including phenoxy) is 1. The number of hydrogen-bond donors (Lipinski definition) is 0. The monoisotopic (exact) mass is 278 g/mol. The molecule has 2 aromatic rings. The van der Waals surface area contributed by atoms with E-state index in [0.29, 0.717) is 17.6 Å². The van der Waals surface area contributed by atoms with Crippen LogP contribution in [0.15, 0.2) is 33.7 Å². The number of benzene rings is 1. The first-order valence-corrected chi connectivity index (χ1v) is 7.24. The van der Waals surface area contributed by atoms with Crippen LogP contribution in [0, 0.1) is 5.92 Å². The molecule has 0 spiro atoms. The van der Waals surface area contributed by atoms with Gasteiger partial charge >= 0.3 is 0 Å². The fourth-order valence-corrected chi connectivity index (χ4v) is 2.35. The molecule has 0 atom stereocenters. The Morgan fingerprint density at radius 3 is 2.63 bits per heavy atom. The summed E-state index contributed by atoms with van der Waals surface area (Å²) < 4.78 is 10.3. The predicted octanol–water partition coefficient (Wildman–Crippen LogP) is 3.57. The van der Waals surface area contributed by atoms with E-state index in [1.807, 2.05) is 24.3 Å². The second kappa shape index (κ2) is 6.61. The third-order valence-corrected chi connectivity index (χ3v) is 3.52. The lowest BCUT2D eigenvalue weighted by atomic mass is 10.1. The van der Waals surface area contributed by atoms with E-state index in [9.17, 15) is 0 Å². The Morgan fingerprint density at radius 2 is 2.00 bits per heavy atom. The summed E-state index contributed by atoms with van der Waals surface area (Å²) in [6, 6.07) is 7.93. The van der Waals surface area contributed by atoms with Gasteiger partial charge in [-0.25, -0.2) is 0 Å². The molecule has 0 radical (unpaired) electrons. The molecule has 0 saturated heterocycles. The Labute approximate surface area is 117 Å². The number of methoxy groups -OCH3 is 1. The summed E-state index contributed by atoms with van der Waals surface area (Å²) in [5.74, 6) is 3.56. The van der Waals surface area contributed by atoms with E-state index in [1.54, 1.807) is 18.9 Å². The van der Waals surface area contributed by atoms with Gasteiger partial charge in [-0.1, -0.05) is 19.0 Å². The fourth-order valence-electron chi connectivity index (χ4n) is 1.61. The number of nitrogens with zero attached hydrogens (tertiary/aromatic N) is 2. The lowest BCUT2D eigenvalue weighted by Crippen LogP contribution is -1.96. The van der Waals surface area contributed by atoms with E-state index in [4.69, 9.17) is 9.26 Å². The standard InChI is InChI=1S/C14H18N2O2S/c1-10(2)8-13-15-14(18-16-13)9-19-12-6-4-11(17-3)5-7-12/h4-7,10H,8-9H2,1-3H3. The molecule has 0 saturated carbocycles. The molecule has 5 heteroatoms. The zero-order chi connectivity index (χ0) is 13.7. The Bertz CT molecular complexity index is 508. The van der Waals surface area contributed by atoms with Crippen LogP contribution in [0.3, 0.4) is 0 Å². The van der Waals surface area contributed by atoms with Crippen molar-refractivity contribution >= 4 is 11.8 Å². The summed E-state index contributed by atoms with van der Waals surface area (Å²) >= 11 is 1.67. The molecule has 0 aliphatic carbocycles. The molecule has 1 aromatic carbocycles. The van der Waals surface area contributed by atoms with Crippen LogP contribution >= 0.6 is 11.8 Å². The Kier molecular flexibility index (Phi) is 4.85. The topological polar surface area (TPSA) is 48.2 Å². The van der Waals surface area contributed by atoms with Crippen LogP contribution in [0.25, 0.3) is 0 Å². The van der Waals surface area contributed by atoms with Gasteiger partial charge in [0.2, 0.25) is 5.89 Å². The molecule has 0 amide bonds. The molecule has 0 bridgehead atoms. The van der Waals surface area contributed by atoms with Crippen molar-refractivity contribution in [2.24, 2.45) is 5.92 Å².